The number of hydrogen-bond donors (Lipinski definition) is 1. The molecule has 0 fully saturated rings. The number of halogens is 2. The van der Waals surface area contributed by atoms with Gasteiger partial charge in [-0.2, -0.15) is 0 Å². The molecule has 108 valence electrons. The molecule has 0 aliphatic heterocycles. The zero-order valence-electron chi connectivity index (χ0n) is 10.9. The highest BCUT2D eigenvalue weighted by atomic mass is 35.5. The fraction of sp³-hybridized carbons (Fsp3) is 0.0667. The van der Waals surface area contributed by atoms with Crippen LogP contribution in [0.5, 0.6) is 0 Å². The first-order chi connectivity index (χ1) is 9.93. The van der Waals surface area contributed by atoms with Gasteiger partial charge in [-0.1, -0.05) is 11.6 Å². The molecule has 6 heteroatoms. The molecule has 2 aromatic carbocycles. The Labute approximate surface area is 124 Å². The zero-order chi connectivity index (χ0) is 15.6. The molecule has 0 heterocycles. The fourth-order valence-corrected chi connectivity index (χ4v) is 2.06. The summed E-state index contributed by atoms with van der Waals surface area (Å²) in [5.74, 6) is -2.41. The van der Waals surface area contributed by atoms with E-state index >= 15 is 0 Å². The van der Waals surface area contributed by atoms with Gasteiger partial charge in [-0.15, -0.1) is 0 Å². The third-order valence-electron chi connectivity index (χ3n) is 2.89. The maximum atomic E-state index is 13.9. The number of methoxy groups -OCH3 is 1. The van der Waals surface area contributed by atoms with Gasteiger partial charge in [0, 0.05) is 16.1 Å². The minimum atomic E-state index is -1.18. The number of ether oxygens (including phenoxy) is 1. The first-order valence-electron chi connectivity index (χ1n) is 5.85. The smallest absolute Gasteiger partial charge is 0.337 e. The maximum absolute atomic E-state index is 13.9. The van der Waals surface area contributed by atoms with Crippen molar-refractivity contribution in [1.29, 1.82) is 0 Å². The van der Waals surface area contributed by atoms with Gasteiger partial charge in [0.1, 0.15) is 5.82 Å². The van der Waals surface area contributed by atoms with Crippen molar-refractivity contribution in [2.24, 2.45) is 0 Å². The highest BCUT2D eigenvalue weighted by molar-refractivity contribution is 6.33. The first kappa shape index (κ1) is 15.0. The molecule has 0 spiro atoms. The van der Waals surface area contributed by atoms with E-state index in [9.17, 15) is 14.0 Å². The Morgan fingerprint density at radius 1 is 1.10 bits per heavy atom. The quantitative estimate of drug-likeness (QED) is 0.879. The van der Waals surface area contributed by atoms with Crippen molar-refractivity contribution in [1.82, 2.24) is 0 Å². The van der Waals surface area contributed by atoms with Gasteiger partial charge in [0.25, 0.3) is 0 Å². The van der Waals surface area contributed by atoms with Gasteiger partial charge in [-0.3, -0.25) is 0 Å². The summed E-state index contributed by atoms with van der Waals surface area (Å²) in [6, 6.07) is 7.59. The molecular weight excluding hydrogens is 299 g/mol. The van der Waals surface area contributed by atoms with Crippen molar-refractivity contribution >= 4 is 23.5 Å². The molecule has 0 saturated carbocycles. The molecule has 4 nitrogen and oxygen atoms in total. The molecule has 2 aromatic rings. The first-order valence-corrected chi connectivity index (χ1v) is 6.23. The number of aromatic carboxylic acids is 1. The summed E-state index contributed by atoms with van der Waals surface area (Å²) in [5.41, 5.74) is 0.341. The maximum Gasteiger partial charge on any atom is 0.337 e. The Morgan fingerprint density at radius 2 is 1.71 bits per heavy atom. The van der Waals surface area contributed by atoms with Crippen molar-refractivity contribution < 1.29 is 23.8 Å². The van der Waals surface area contributed by atoms with Crippen LogP contribution in [-0.4, -0.2) is 24.2 Å². The number of esters is 1. The lowest BCUT2D eigenvalue weighted by molar-refractivity contribution is 0.0600. The zero-order valence-corrected chi connectivity index (χ0v) is 11.6. The average molecular weight is 309 g/mol. The van der Waals surface area contributed by atoms with E-state index < -0.39 is 17.8 Å². The summed E-state index contributed by atoms with van der Waals surface area (Å²) in [5, 5.41) is 9.17. The molecule has 0 radical (unpaired) electrons. The van der Waals surface area contributed by atoms with Crippen LogP contribution < -0.4 is 0 Å². The number of rotatable bonds is 3. The fourth-order valence-electron chi connectivity index (χ4n) is 1.84. The van der Waals surface area contributed by atoms with E-state index in [1.54, 1.807) is 0 Å². The van der Waals surface area contributed by atoms with Gasteiger partial charge in [-0.25, -0.2) is 14.0 Å². The molecule has 21 heavy (non-hydrogen) atoms. The minimum Gasteiger partial charge on any atom is -0.478 e. The van der Waals surface area contributed by atoms with Gasteiger partial charge in [0.05, 0.1) is 18.2 Å². The number of carbonyl (C=O) groups is 2. The van der Waals surface area contributed by atoms with E-state index in [2.05, 4.69) is 4.74 Å². The second-order valence-corrected chi connectivity index (χ2v) is 4.59. The Kier molecular flexibility index (Phi) is 4.23. The largest absolute Gasteiger partial charge is 0.478 e. The lowest BCUT2D eigenvalue weighted by atomic mass is 10.00. The minimum absolute atomic E-state index is 0.00523. The lowest BCUT2D eigenvalue weighted by Gasteiger charge is -2.09. The number of carboxylic acids is 1. The predicted octanol–water partition coefficient (Wildman–Crippen LogP) is 3.63. The van der Waals surface area contributed by atoms with Crippen molar-refractivity contribution in [3.63, 3.8) is 0 Å². The van der Waals surface area contributed by atoms with E-state index in [4.69, 9.17) is 16.7 Å². The molecule has 0 bridgehead atoms. The molecule has 0 saturated heterocycles. The predicted molar refractivity (Wildman–Crippen MR) is 75.1 cm³/mol. The van der Waals surface area contributed by atoms with Crippen LogP contribution in [0.3, 0.4) is 0 Å². The van der Waals surface area contributed by atoms with Gasteiger partial charge in [0.15, 0.2) is 0 Å². The van der Waals surface area contributed by atoms with Crippen LogP contribution >= 0.6 is 11.6 Å². The van der Waals surface area contributed by atoms with Gasteiger partial charge in [0.2, 0.25) is 0 Å². The number of hydrogen-bond acceptors (Lipinski definition) is 3. The molecule has 2 rings (SSSR count). The Morgan fingerprint density at radius 3 is 2.33 bits per heavy atom. The molecule has 0 amide bonds. The van der Waals surface area contributed by atoms with Crippen molar-refractivity contribution in [2.75, 3.05) is 7.11 Å². The standard InChI is InChI=1S/C15H10ClFO4/c1-21-15(20)9-2-4-12(16)10(7-9)11-6-8(14(18)19)3-5-13(11)17/h2-7H,1H3,(H,18,19). The van der Waals surface area contributed by atoms with Crippen molar-refractivity contribution in [2.45, 2.75) is 0 Å². The van der Waals surface area contributed by atoms with E-state index in [-0.39, 0.29) is 27.3 Å². The number of carbonyl (C=O) groups excluding carboxylic acids is 1. The summed E-state index contributed by atoms with van der Waals surface area (Å²) in [7, 11) is 1.22. The second kappa shape index (κ2) is 5.93. The molecule has 0 unspecified atom stereocenters. The summed E-state index contributed by atoms with van der Waals surface area (Å²) < 4.78 is 18.5. The summed E-state index contributed by atoms with van der Waals surface area (Å²) in [6.07, 6.45) is 0. The topological polar surface area (TPSA) is 63.6 Å². The normalized spacial score (nSPS) is 10.2. The van der Waals surface area contributed by atoms with E-state index in [0.717, 1.165) is 12.1 Å². The Balaban J connectivity index is 2.63. The van der Waals surface area contributed by atoms with Crippen LogP contribution in [0, 0.1) is 5.82 Å². The third kappa shape index (κ3) is 3.03. The van der Waals surface area contributed by atoms with Crippen molar-refractivity contribution in [3.8, 4) is 11.1 Å². The Bertz CT molecular complexity index is 728. The number of benzene rings is 2. The molecular formula is C15H10ClFO4. The van der Waals surface area contributed by atoms with Gasteiger partial charge in [-0.05, 0) is 36.4 Å². The average Bonchev–Trinajstić information content (AvgIpc) is 2.47. The monoisotopic (exact) mass is 308 g/mol. The third-order valence-corrected chi connectivity index (χ3v) is 3.22. The van der Waals surface area contributed by atoms with E-state index in [0.29, 0.717) is 0 Å². The lowest BCUT2D eigenvalue weighted by Crippen LogP contribution is -2.02. The van der Waals surface area contributed by atoms with E-state index in [1.165, 1.54) is 31.4 Å². The van der Waals surface area contributed by atoms with Crippen LogP contribution in [0.1, 0.15) is 20.7 Å². The van der Waals surface area contributed by atoms with Crippen LogP contribution in [0.15, 0.2) is 36.4 Å². The van der Waals surface area contributed by atoms with Gasteiger partial charge < -0.3 is 9.84 Å². The van der Waals surface area contributed by atoms with Crippen LogP contribution in [0.25, 0.3) is 11.1 Å². The highest BCUT2D eigenvalue weighted by Gasteiger charge is 2.15. The molecule has 0 aromatic heterocycles. The SMILES string of the molecule is COC(=O)c1ccc(Cl)c(-c2cc(C(=O)O)ccc2F)c1. The Hall–Kier alpha value is -2.40. The van der Waals surface area contributed by atoms with Crippen LogP contribution in [-0.2, 0) is 4.74 Å². The van der Waals surface area contributed by atoms with E-state index in [1.807, 2.05) is 0 Å². The van der Waals surface area contributed by atoms with Crippen LogP contribution in [0.4, 0.5) is 4.39 Å². The second-order valence-electron chi connectivity index (χ2n) is 4.19. The molecule has 0 aliphatic rings. The summed E-state index contributed by atoms with van der Waals surface area (Å²) in [4.78, 5) is 22.5. The van der Waals surface area contributed by atoms with Crippen LogP contribution in [0.2, 0.25) is 5.02 Å². The van der Waals surface area contributed by atoms with Crippen molar-refractivity contribution in [3.05, 3.63) is 58.4 Å². The molecule has 0 aliphatic carbocycles. The summed E-state index contributed by atoms with van der Waals surface area (Å²) >= 11 is 6.02. The molecule has 0 atom stereocenters. The van der Waals surface area contributed by atoms with Gasteiger partial charge >= 0.3 is 11.9 Å². The highest BCUT2D eigenvalue weighted by Crippen LogP contribution is 2.31. The number of carboxylic acid groups (broad SMARTS) is 1. The summed E-state index contributed by atoms with van der Waals surface area (Å²) in [6.45, 7) is 0. The molecule has 1 N–H and O–H groups in total.